The number of aromatic carboxylic acids is 1. The van der Waals surface area contributed by atoms with Crippen LogP contribution in [0.1, 0.15) is 46.0 Å². The number of amides is 1. The van der Waals surface area contributed by atoms with Crippen LogP contribution in [0, 0.1) is 13.8 Å². The third-order valence-corrected chi connectivity index (χ3v) is 2.65. The van der Waals surface area contributed by atoms with Crippen molar-refractivity contribution < 1.29 is 14.7 Å². The van der Waals surface area contributed by atoms with Crippen LogP contribution in [-0.2, 0) is 0 Å². The minimum atomic E-state index is -1.06. The van der Waals surface area contributed by atoms with E-state index in [4.69, 9.17) is 5.11 Å². The number of aryl methyl sites for hydroxylation is 1. The topological polar surface area (TPSA) is 82.2 Å². The quantitative estimate of drug-likeness (QED) is 0.715. The highest BCUT2D eigenvalue weighted by atomic mass is 16.4. The predicted octanol–water partition coefficient (Wildman–Crippen LogP) is 2.03. The maximum absolute atomic E-state index is 12.0. The molecule has 3 N–H and O–H groups in total. The number of aromatic nitrogens is 1. The lowest BCUT2D eigenvalue weighted by atomic mass is 10.1. The molecule has 98 valence electrons. The zero-order valence-electron chi connectivity index (χ0n) is 11.0. The van der Waals surface area contributed by atoms with E-state index in [0.29, 0.717) is 23.4 Å². The highest BCUT2D eigenvalue weighted by molar-refractivity contribution is 6.00. The maximum atomic E-state index is 12.0. The number of nitrogens with one attached hydrogen (secondary N) is 2. The Hall–Kier alpha value is -2.04. The molecule has 0 saturated carbocycles. The molecule has 0 aliphatic carbocycles. The summed E-state index contributed by atoms with van der Waals surface area (Å²) in [6.45, 7) is 7.65. The van der Waals surface area contributed by atoms with Crippen molar-refractivity contribution in [2.24, 2.45) is 0 Å². The minimum absolute atomic E-state index is 0.0693. The van der Waals surface area contributed by atoms with Gasteiger partial charge in [-0.25, -0.2) is 4.79 Å². The first-order valence-electron chi connectivity index (χ1n) is 5.68. The molecule has 0 bridgehead atoms. The second-order valence-corrected chi connectivity index (χ2v) is 4.42. The number of aromatic amines is 1. The second kappa shape index (κ2) is 5.53. The Kier molecular flexibility index (Phi) is 4.31. The van der Waals surface area contributed by atoms with Gasteiger partial charge in [-0.3, -0.25) is 4.79 Å². The van der Waals surface area contributed by atoms with E-state index < -0.39 is 5.97 Å². The predicted molar refractivity (Wildman–Crippen MR) is 69.0 cm³/mol. The zero-order chi connectivity index (χ0) is 13.9. The molecule has 0 aromatic carbocycles. The molecule has 5 heteroatoms. The lowest BCUT2D eigenvalue weighted by Crippen LogP contribution is -2.24. The number of carboxylic acid groups (broad SMARTS) is 1. The Morgan fingerprint density at radius 2 is 1.94 bits per heavy atom. The van der Waals surface area contributed by atoms with Gasteiger partial charge in [0.1, 0.15) is 5.69 Å². The lowest BCUT2D eigenvalue weighted by molar-refractivity contribution is 0.0690. The van der Waals surface area contributed by atoms with Crippen molar-refractivity contribution in [2.75, 3.05) is 6.54 Å². The van der Waals surface area contributed by atoms with E-state index in [0.717, 1.165) is 5.57 Å². The van der Waals surface area contributed by atoms with Gasteiger partial charge in [0.2, 0.25) is 0 Å². The largest absolute Gasteiger partial charge is 0.477 e. The van der Waals surface area contributed by atoms with Gasteiger partial charge in [0.25, 0.3) is 5.91 Å². The summed E-state index contributed by atoms with van der Waals surface area (Å²) in [5.41, 5.74) is 2.63. The van der Waals surface area contributed by atoms with Gasteiger partial charge in [0.15, 0.2) is 0 Å². The van der Waals surface area contributed by atoms with E-state index in [2.05, 4.69) is 10.3 Å². The van der Waals surface area contributed by atoms with Gasteiger partial charge < -0.3 is 15.4 Å². The monoisotopic (exact) mass is 250 g/mol. The average molecular weight is 250 g/mol. The van der Waals surface area contributed by atoms with Crippen molar-refractivity contribution in [1.29, 1.82) is 0 Å². The van der Waals surface area contributed by atoms with Crippen LogP contribution in [0.25, 0.3) is 0 Å². The average Bonchev–Trinajstić information content (AvgIpc) is 2.53. The minimum Gasteiger partial charge on any atom is -0.477 e. The first kappa shape index (κ1) is 14.0. The van der Waals surface area contributed by atoms with Gasteiger partial charge >= 0.3 is 5.97 Å². The van der Waals surface area contributed by atoms with Crippen LogP contribution >= 0.6 is 0 Å². The summed E-state index contributed by atoms with van der Waals surface area (Å²) in [4.78, 5) is 25.6. The first-order chi connectivity index (χ1) is 8.34. The molecular weight excluding hydrogens is 232 g/mol. The van der Waals surface area contributed by atoms with Crippen molar-refractivity contribution in [2.45, 2.75) is 27.7 Å². The molecule has 1 rings (SSSR count). The highest BCUT2D eigenvalue weighted by Gasteiger charge is 2.20. The van der Waals surface area contributed by atoms with E-state index in [1.54, 1.807) is 13.8 Å². The molecule has 0 unspecified atom stereocenters. The molecule has 5 nitrogen and oxygen atoms in total. The Labute approximate surface area is 106 Å². The van der Waals surface area contributed by atoms with Crippen molar-refractivity contribution >= 4 is 11.9 Å². The van der Waals surface area contributed by atoms with Crippen LogP contribution in [0.4, 0.5) is 0 Å². The highest BCUT2D eigenvalue weighted by Crippen LogP contribution is 2.17. The van der Waals surface area contributed by atoms with Crippen molar-refractivity contribution in [3.05, 3.63) is 34.2 Å². The Balaban J connectivity index is 2.93. The smallest absolute Gasteiger partial charge is 0.352 e. The van der Waals surface area contributed by atoms with Crippen molar-refractivity contribution in [1.82, 2.24) is 10.3 Å². The van der Waals surface area contributed by atoms with Gasteiger partial charge in [-0.05, 0) is 33.3 Å². The first-order valence-corrected chi connectivity index (χ1v) is 5.68. The van der Waals surface area contributed by atoms with Crippen molar-refractivity contribution in [3.63, 3.8) is 0 Å². The van der Waals surface area contributed by atoms with Gasteiger partial charge in [-0.15, -0.1) is 0 Å². The van der Waals surface area contributed by atoms with E-state index in [9.17, 15) is 9.59 Å². The standard InChI is InChI=1S/C13H18N2O3/c1-7(2)5-6-14-12(16)10-8(3)11(13(17)18)15-9(10)4/h5,15H,6H2,1-4H3,(H,14,16)(H,17,18). The van der Waals surface area contributed by atoms with Gasteiger partial charge in [0, 0.05) is 12.2 Å². The third-order valence-electron chi connectivity index (χ3n) is 2.65. The number of carbonyl (C=O) groups is 2. The number of hydrogen-bond acceptors (Lipinski definition) is 2. The van der Waals surface area contributed by atoms with Crippen molar-refractivity contribution in [3.8, 4) is 0 Å². The molecule has 1 heterocycles. The third kappa shape index (κ3) is 3.00. The summed E-state index contributed by atoms with van der Waals surface area (Å²) in [5.74, 6) is -1.31. The fraction of sp³-hybridized carbons (Fsp3) is 0.385. The molecule has 1 aromatic heterocycles. The number of allylic oxidation sites excluding steroid dienone is 1. The number of rotatable bonds is 4. The van der Waals surface area contributed by atoms with E-state index in [1.165, 1.54) is 0 Å². The number of H-pyrrole nitrogens is 1. The Bertz CT molecular complexity index is 509. The van der Waals surface area contributed by atoms with E-state index in [-0.39, 0.29) is 11.6 Å². The Morgan fingerprint density at radius 1 is 1.33 bits per heavy atom. The molecule has 0 aliphatic rings. The van der Waals surface area contributed by atoms with Crippen LogP contribution in [0.2, 0.25) is 0 Å². The second-order valence-electron chi connectivity index (χ2n) is 4.42. The van der Waals surface area contributed by atoms with Crippen LogP contribution in [0.5, 0.6) is 0 Å². The molecule has 0 radical (unpaired) electrons. The van der Waals surface area contributed by atoms with Crippen LogP contribution in [0.15, 0.2) is 11.6 Å². The molecule has 0 saturated heterocycles. The summed E-state index contributed by atoms with van der Waals surface area (Å²) >= 11 is 0. The summed E-state index contributed by atoms with van der Waals surface area (Å²) in [6.07, 6.45) is 1.90. The summed E-state index contributed by atoms with van der Waals surface area (Å²) < 4.78 is 0. The SMILES string of the molecule is CC(C)=CCNC(=O)c1c(C)[nH]c(C(=O)O)c1C. The van der Waals surface area contributed by atoms with Gasteiger partial charge in [0.05, 0.1) is 5.56 Å². The van der Waals surface area contributed by atoms with Crippen LogP contribution in [-0.4, -0.2) is 28.5 Å². The molecule has 1 aromatic rings. The van der Waals surface area contributed by atoms with E-state index in [1.807, 2.05) is 19.9 Å². The number of hydrogen-bond donors (Lipinski definition) is 3. The molecular formula is C13H18N2O3. The maximum Gasteiger partial charge on any atom is 0.352 e. The number of carboxylic acids is 1. The summed E-state index contributed by atoms with van der Waals surface area (Å²) in [6, 6.07) is 0. The van der Waals surface area contributed by atoms with E-state index >= 15 is 0 Å². The normalized spacial score (nSPS) is 10.0. The fourth-order valence-corrected chi connectivity index (χ4v) is 1.74. The summed E-state index contributed by atoms with van der Waals surface area (Å²) in [5, 5.41) is 11.7. The molecule has 0 aliphatic heterocycles. The summed E-state index contributed by atoms with van der Waals surface area (Å²) in [7, 11) is 0. The molecule has 0 spiro atoms. The van der Waals surface area contributed by atoms with Gasteiger partial charge in [-0.2, -0.15) is 0 Å². The molecule has 18 heavy (non-hydrogen) atoms. The molecule has 0 fully saturated rings. The fourth-order valence-electron chi connectivity index (χ4n) is 1.74. The Morgan fingerprint density at radius 3 is 2.39 bits per heavy atom. The van der Waals surface area contributed by atoms with Crippen LogP contribution in [0.3, 0.4) is 0 Å². The van der Waals surface area contributed by atoms with Gasteiger partial charge in [-0.1, -0.05) is 11.6 Å². The molecule has 0 atom stereocenters. The lowest BCUT2D eigenvalue weighted by Gasteiger charge is -2.03. The zero-order valence-corrected chi connectivity index (χ0v) is 11.0. The van der Waals surface area contributed by atoms with Crippen LogP contribution < -0.4 is 5.32 Å². The molecule has 1 amide bonds. The number of carbonyl (C=O) groups excluding carboxylic acids is 1.